The Morgan fingerprint density at radius 3 is 2.78 bits per heavy atom. The number of amides is 3. The van der Waals surface area contributed by atoms with Gasteiger partial charge < -0.3 is 31.0 Å². The van der Waals surface area contributed by atoms with Gasteiger partial charge in [-0.25, -0.2) is 4.39 Å². The van der Waals surface area contributed by atoms with Crippen LogP contribution in [0.2, 0.25) is 0 Å². The van der Waals surface area contributed by atoms with E-state index in [1.54, 1.807) is 12.1 Å². The summed E-state index contributed by atoms with van der Waals surface area (Å²) in [6.45, 7) is 3.22. The molecule has 41 heavy (non-hydrogen) atoms. The standard InChI is InChI=1S/C30H40FN5O5/c1-3-18(2)27(35-25(38)17-41-12-10-31)30(40)34-23-8-7-20-9-11-36-16-21(14-24(37)26(23)28(20)36)29(39)33-15-19-5-4-6-22(32)13-19/h4-6,9,11,13,18,21,23,26-27H,3,7-8,10,12,14-17,32H2,1-2H3,(H,33,39)(H,34,40)(H,35,38)/t18?,21-,23-,26?,27?/m0/s1. The predicted molar refractivity (Wildman–Crippen MR) is 151 cm³/mol. The Morgan fingerprint density at radius 2 is 2.05 bits per heavy atom. The molecule has 0 spiro atoms. The third-order valence-electron chi connectivity index (χ3n) is 8.11. The summed E-state index contributed by atoms with van der Waals surface area (Å²) in [5, 5.41) is 8.71. The minimum absolute atomic E-state index is 0.0539. The maximum Gasteiger partial charge on any atom is 0.246 e. The summed E-state index contributed by atoms with van der Waals surface area (Å²) in [6, 6.07) is 7.96. The molecule has 2 heterocycles. The summed E-state index contributed by atoms with van der Waals surface area (Å²) >= 11 is 0. The molecule has 1 aliphatic carbocycles. The first-order chi connectivity index (χ1) is 19.7. The number of alkyl halides is 1. The average molecular weight is 570 g/mol. The number of nitrogen functional groups attached to an aromatic ring is 1. The Bertz CT molecular complexity index is 1260. The molecule has 0 radical (unpaired) electrons. The van der Waals surface area contributed by atoms with Gasteiger partial charge in [-0.2, -0.15) is 0 Å². The third-order valence-corrected chi connectivity index (χ3v) is 8.11. The first-order valence-electron chi connectivity index (χ1n) is 14.3. The molecule has 0 saturated carbocycles. The number of aromatic nitrogens is 1. The van der Waals surface area contributed by atoms with Crippen LogP contribution in [0.25, 0.3) is 0 Å². The smallest absolute Gasteiger partial charge is 0.246 e. The van der Waals surface area contributed by atoms with Crippen LogP contribution in [-0.4, -0.2) is 60.0 Å². The largest absolute Gasteiger partial charge is 0.399 e. The van der Waals surface area contributed by atoms with E-state index in [9.17, 15) is 23.6 Å². The first kappa shape index (κ1) is 30.2. The number of hydrogen-bond acceptors (Lipinski definition) is 6. The van der Waals surface area contributed by atoms with Crippen molar-refractivity contribution >= 4 is 29.2 Å². The highest BCUT2D eigenvalue weighted by Crippen LogP contribution is 2.38. The third kappa shape index (κ3) is 7.32. The number of anilines is 1. The quantitative estimate of drug-likeness (QED) is 0.227. The van der Waals surface area contributed by atoms with Gasteiger partial charge in [-0.15, -0.1) is 0 Å². The van der Waals surface area contributed by atoms with Crippen LogP contribution in [-0.2, 0) is 43.4 Å². The van der Waals surface area contributed by atoms with Gasteiger partial charge in [-0.3, -0.25) is 19.2 Å². The van der Waals surface area contributed by atoms with Crippen molar-refractivity contribution in [2.75, 3.05) is 25.6 Å². The van der Waals surface area contributed by atoms with Crippen LogP contribution < -0.4 is 21.7 Å². The number of ether oxygens (including phenoxy) is 1. The Kier molecular flexibility index (Phi) is 10.1. The van der Waals surface area contributed by atoms with Crippen molar-refractivity contribution in [1.82, 2.24) is 20.5 Å². The molecule has 0 bridgehead atoms. The van der Waals surface area contributed by atoms with Crippen LogP contribution in [0, 0.1) is 11.8 Å². The second-order valence-electron chi connectivity index (χ2n) is 11.0. The van der Waals surface area contributed by atoms with Gasteiger partial charge in [0, 0.05) is 43.1 Å². The van der Waals surface area contributed by atoms with Crippen molar-refractivity contribution in [2.24, 2.45) is 11.8 Å². The summed E-state index contributed by atoms with van der Waals surface area (Å²) in [7, 11) is 0. The fourth-order valence-electron chi connectivity index (χ4n) is 5.77. The van der Waals surface area contributed by atoms with E-state index in [2.05, 4.69) is 16.0 Å². The minimum Gasteiger partial charge on any atom is -0.399 e. The average Bonchev–Trinajstić information content (AvgIpc) is 3.29. The lowest BCUT2D eigenvalue weighted by Crippen LogP contribution is -2.55. The SMILES string of the molecule is CCC(C)C(NC(=O)COCCF)C(=O)N[C@H]1CCc2ccn3c2C1C(=O)C[C@H](C(=O)NCc1cccc(N)c1)C3. The number of nitrogens with one attached hydrogen (secondary N) is 3. The number of aryl methyl sites for hydroxylation is 1. The molecule has 222 valence electrons. The highest BCUT2D eigenvalue weighted by atomic mass is 19.1. The van der Waals surface area contributed by atoms with E-state index in [1.807, 2.05) is 42.8 Å². The lowest BCUT2D eigenvalue weighted by atomic mass is 9.79. The van der Waals surface area contributed by atoms with Crippen LogP contribution >= 0.6 is 0 Å². The molecule has 2 aliphatic rings. The van der Waals surface area contributed by atoms with Gasteiger partial charge in [0.2, 0.25) is 17.7 Å². The Hall–Kier alpha value is -3.73. The predicted octanol–water partition coefficient (Wildman–Crippen LogP) is 2.01. The van der Waals surface area contributed by atoms with Gasteiger partial charge in [0.15, 0.2) is 0 Å². The molecule has 1 aromatic carbocycles. The van der Waals surface area contributed by atoms with Gasteiger partial charge in [0.1, 0.15) is 25.1 Å². The monoisotopic (exact) mass is 569 g/mol. The van der Waals surface area contributed by atoms with Crippen LogP contribution in [0.4, 0.5) is 10.1 Å². The molecule has 5 N–H and O–H groups in total. The number of carbonyl (C=O) groups excluding carboxylic acids is 4. The van der Waals surface area contributed by atoms with Gasteiger partial charge in [0.05, 0.1) is 18.4 Å². The number of carbonyl (C=O) groups is 4. The molecule has 10 nitrogen and oxygen atoms in total. The number of benzene rings is 1. The van der Waals surface area contributed by atoms with Gasteiger partial charge in [-0.1, -0.05) is 32.4 Å². The van der Waals surface area contributed by atoms with Crippen molar-refractivity contribution in [3.05, 3.63) is 53.3 Å². The molecule has 3 amide bonds. The van der Waals surface area contributed by atoms with Crippen LogP contribution in [0.3, 0.4) is 0 Å². The van der Waals surface area contributed by atoms with Crippen LogP contribution in [0.1, 0.15) is 55.8 Å². The zero-order chi connectivity index (χ0) is 29.5. The summed E-state index contributed by atoms with van der Waals surface area (Å²) in [6.07, 6.45) is 3.85. The highest BCUT2D eigenvalue weighted by Gasteiger charge is 2.43. The topological polar surface area (TPSA) is 145 Å². The number of halogens is 1. The molecule has 1 aromatic heterocycles. The summed E-state index contributed by atoms with van der Waals surface area (Å²) in [5.74, 6) is -2.52. The lowest BCUT2D eigenvalue weighted by molar-refractivity contribution is -0.133. The fourth-order valence-corrected chi connectivity index (χ4v) is 5.77. The summed E-state index contributed by atoms with van der Waals surface area (Å²) in [4.78, 5) is 52.8. The molecule has 3 unspecified atom stereocenters. The van der Waals surface area contributed by atoms with E-state index in [4.69, 9.17) is 10.5 Å². The summed E-state index contributed by atoms with van der Waals surface area (Å²) < 4.78 is 19.3. The number of rotatable bonds is 12. The molecular weight excluding hydrogens is 529 g/mol. The number of Topliss-reactive ketones (excluding diaryl/α,β-unsaturated/α-hetero) is 1. The molecule has 2 aromatic rings. The number of nitrogens with zero attached hydrogens (tertiary/aromatic N) is 1. The van der Waals surface area contributed by atoms with Gasteiger partial charge >= 0.3 is 0 Å². The minimum atomic E-state index is -0.832. The van der Waals surface area contributed by atoms with Gasteiger partial charge in [-0.05, 0) is 48.1 Å². The Morgan fingerprint density at radius 1 is 1.24 bits per heavy atom. The van der Waals surface area contributed by atoms with Crippen molar-refractivity contribution < 1.29 is 28.3 Å². The Labute approximate surface area is 239 Å². The maximum atomic E-state index is 13.7. The van der Waals surface area contributed by atoms with Crippen LogP contribution in [0.15, 0.2) is 36.5 Å². The second-order valence-corrected chi connectivity index (χ2v) is 11.0. The molecule has 1 aliphatic heterocycles. The molecule has 4 rings (SSSR count). The van der Waals surface area contributed by atoms with Crippen molar-refractivity contribution in [3.63, 3.8) is 0 Å². The molecule has 0 fully saturated rings. The van der Waals surface area contributed by atoms with E-state index in [0.29, 0.717) is 38.0 Å². The zero-order valence-corrected chi connectivity index (χ0v) is 23.7. The van der Waals surface area contributed by atoms with Gasteiger partial charge in [0.25, 0.3) is 0 Å². The normalized spacial score (nSPS) is 21.2. The number of hydrogen-bond donors (Lipinski definition) is 4. The second kappa shape index (κ2) is 13.8. The molecular formula is C30H40FN5O5. The van der Waals surface area contributed by atoms with E-state index in [-0.39, 0.29) is 43.2 Å². The fraction of sp³-hybridized carbons (Fsp3) is 0.533. The molecule has 0 saturated heterocycles. The lowest BCUT2D eigenvalue weighted by Gasteiger charge is -2.34. The Balaban J connectivity index is 1.47. The first-order valence-corrected chi connectivity index (χ1v) is 14.3. The molecule has 5 atom stereocenters. The molecule has 11 heteroatoms. The van der Waals surface area contributed by atoms with Crippen molar-refractivity contribution in [1.29, 1.82) is 0 Å². The van der Waals surface area contributed by atoms with E-state index < -0.39 is 36.5 Å². The number of nitrogens with two attached hydrogens (primary N) is 1. The summed E-state index contributed by atoms with van der Waals surface area (Å²) in [5.41, 5.74) is 9.23. The highest BCUT2D eigenvalue weighted by molar-refractivity contribution is 5.93. The number of ketones is 1. The van der Waals surface area contributed by atoms with Crippen molar-refractivity contribution in [3.8, 4) is 0 Å². The van der Waals surface area contributed by atoms with E-state index in [0.717, 1.165) is 16.8 Å². The maximum absolute atomic E-state index is 13.7. The zero-order valence-electron chi connectivity index (χ0n) is 23.7. The van der Waals surface area contributed by atoms with E-state index >= 15 is 0 Å². The van der Waals surface area contributed by atoms with Crippen molar-refractivity contribution in [2.45, 2.75) is 70.6 Å². The van der Waals surface area contributed by atoms with Crippen LogP contribution in [0.5, 0.6) is 0 Å². The van der Waals surface area contributed by atoms with E-state index in [1.165, 1.54) is 0 Å².